The van der Waals surface area contributed by atoms with Crippen LogP contribution in [0.3, 0.4) is 0 Å². The topological polar surface area (TPSA) is 57.6 Å². The molecule has 0 aliphatic rings. The molecule has 1 N–H and O–H groups in total. The second-order valence-corrected chi connectivity index (χ2v) is 8.18. The molecule has 0 atom stereocenters. The molecule has 0 radical (unpaired) electrons. The van der Waals surface area contributed by atoms with E-state index in [1.165, 1.54) is 7.11 Å². The minimum absolute atomic E-state index is 0.278. The van der Waals surface area contributed by atoms with Gasteiger partial charge >= 0.3 is 11.3 Å². The molecule has 0 unspecified atom stereocenters. The van der Waals surface area contributed by atoms with Gasteiger partial charge in [0.05, 0.1) is 7.11 Å². The molecular weight excluding hydrogens is 160 g/mol. The fraction of sp³-hybridized carbons (Fsp3) is 0.667. The second-order valence-electron chi connectivity index (χ2n) is 3.21. The van der Waals surface area contributed by atoms with Crippen molar-refractivity contribution in [3.05, 3.63) is 16.2 Å². The van der Waals surface area contributed by atoms with Gasteiger partial charge in [0.25, 0.3) is 0 Å². The van der Waals surface area contributed by atoms with Crippen molar-refractivity contribution in [2.75, 3.05) is 7.11 Å². The van der Waals surface area contributed by atoms with Gasteiger partial charge < -0.3 is 9.84 Å². The van der Waals surface area contributed by atoms with E-state index in [0.29, 0.717) is 0 Å². The molecule has 11 heavy (non-hydrogen) atoms. The highest BCUT2D eigenvalue weighted by atomic mass is 28.3. The summed E-state index contributed by atoms with van der Waals surface area (Å²) in [6.45, 7) is 5.83. The molecule has 0 fully saturated rings. The van der Waals surface area contributed by atoms with Gasteiger partial charge in [-0.05, 0) is 0 Å². The smallest absolute Gasteiger partial charge is 0.403 e. The van der Waals surface area contributed by atoms with Crippen LogP contribution in [-0.2, 0) is 4.74 Å². The first kappa shape index (κ1) is 9.98. The summed E-state index contributed by atoms with van der Waals surface area (Å²) >= 11 is 0. The number of diazo groups is 1. The van der Waals surface area contributed by atoms with Gasteiger partial charge in [0.1, 0.15) is 0 Å². The number of hydrogen-bond donors (Lipinski definition) is 1. The number of hydrogen-bond acceptors (Lipinski definition) is 3. The van der Waals surface area contributed by atoms with Gasteiger partial charge in [-0.15, -0.1) is 0 Å². The third kappa shape index (κ3) is 2.59. The van der Waals surface area contributed by atoms with Gasteiger partial charge in [-0.3, -0.25) is 0 Å². The van der Waals surface area contributed by atoms with Crippen LogP contribution in [0.4, 0.5) is 0 Å². The lowest BCUT2D eigenvalue weighted by Gasteiger charge is -2.04. The van der Waals surface area contributed by atoms with Crippen molar-refractivity contribution in [2.24, 2.45) is 0 Å². The Morgan fingerprint density at radius 3 is 2.00 bits per heavy atom. The molecule has 0 aromatic heterocycles. The molecule has 0 amide bonds. The summed E-state index contributed by atoms with van der Waals surface area (Å²) in [6, 6.07) is 0. The predicted octanol–water partition coefficient (Wildman–Crippen LogP) is 2.09. The minimum Gasteiger partial charge on any atom is -0.476 e. The van der Waals surface area contributed by atoms with E-state index in [1.54, 1.807) is 0 Å². The van der Waals surface area contributed by atoms with Crippen molar-refractivity contribution in [1.29, 1.82) is 5.39 Å². The highest BCUT2D eigenvalue weighted by molar-refractivity contribution is 6.83. The molecule has 0 rings (SSSR count). The Morgan fingerprint density at radius 1 is 1.45 bits per heavy atom. The summed E-state index contributed by atoms with van der Waals surface area (Å²) in [5, 5.41) is 17.9. The third-order valence-corrected chi connectivity index (χ3v) is 2.94. The fourth-order valence-electron chi connectivity index (χ4n) is 0.610. The van der Waals surface area contributed by atoms with E-state index < -0.39 is 8.07 Å². The normalized spacial score (nSPS) is 13.4. The summed E-state index contributed by atoms with van der Waals surface area (Å²) in [7, 11) is -0.449. The average molecular weight is 173 g/mol. The second kappa shape index (κ2) is 3.39. The summed E-state index contributed by atoms with van der Waals surface area (Å²) in [5.74, 6) is -0.285. The van der Waals surface area contributed by atoms with Gasteiger partial charge in [0.15, 0.2) is 4.98 Å². The first-order valence-electron chi connectivity index (χ1n) is 3.26. The Balaban J connectivity index is 4.86. The molecule has 0 heterocycles. The van der Waals surface area contributed by atoms with Crippen LogP contribution in [-0.4, -0.2) is 20.3 Å². The number of aliphatic hydroxyl groups excluding tert-OH is 1. The maximum atomic E-state index is 9.09. The highest BCUT2D eigenvalue weighted by Crippen LogP contribution is 2.18. The molecule has 0 bridgehead atoms. The molecule has 5 heteroatoms. The fourth-order valence-corrected chi connectivity index (χ4v) is 1.65. The van der Waals surface area contributed by atoms with Crippen LogP contribution in [0.25, 0.3) is 4.98 Å². The van der Waals surface area contributed by atoms with Crippen LogP contribution in [0.2, 0.25) is 19.6 Å². The Labute approximate surface area is 67.1 Å². The Hall–Kier alpha value is -1.02. The van der Waals surface area contributed by atoms with E-state index in [4.69, 9.17) is 10.5 Å². The van der Waals surface area contributed by atoms with Crippen LogP contribution in [0.15, 0.2) is 11.3 Å². The lowest BCUT2D eigenvalue weighted by Crippen LogP contribution is -2.24. The average Bonchev–Trinajstić information content (AvgIpc) is 1.86. The van der Waals surface area contributed by atoms with E-state index >= 15 is 0 Å². The summed E-state index contributed by atoms with van der Waals surface area (Å²) in [5.41, 5.74) is 0. The standard InChI is InChI=1S/C6H12N2O2Si/c1-10-6(9)5(8-7)11(2,3)4/h1-4H3/p+1/b6-5+. The molecule has 0 aliphatic carbocycles. The summed E-state index contributed by atoms with van der Waals surface area (Å²) in [6.07, 6.45) is 0. The van der Waals surface area contributed by atoms with E-state index in [1.807, 2.05) is 19.6 Å². The molecule has 0 aromatic rings. The Bertz CT molecular complexity index is 212. The third-order valence-electron chi connectivity index (χ3n) is 1.21. The quantitative estimate of drug-likeness (QED) is 0.395. The Kier molecular flexibility index (Phi) is 3.08. The molecule has 0 spiro atoms. The van der Waals surface area contributed by atoms with Crippen molar-refractivity contribution in [3.8, 4) is 0 Å². The summed E-state index contributed by atoms with van der Waals surface area (Å²) < 4.78 is 4.55. The van der Waals surface area contributed by atoms with Crippen LogP contribution in [0.1, 0.15) is 0 Å². The van der Waals surface area contributed by atoms with Gasteiger partial charge in [-0.2, -0.15) is 0 Å². The van der Waals surface area contributed by atoms with Crippen LogP contribution in [0, 0.1) is 5.39 Å². The predicted molar refractivity (Wildman–Crippen MR) is 45.1 cm³/mol. The van der Waals surface area contributed by atoms with E-state index in [9.17, 15) is 0 Å². The first-order chi connectivity index (χ1) is 4.93. The lowest BCUT2D eigenvalue weighted by atomic mass is 10.9. The molecule has 0 saturated carbocycles. The number of ether oxygens (including phenoxy) is 1. The van der Waals surface area contributed by atoms with Crippen LogP contribution < -0.4 is 0 Å². The minimum atomic E-state index is -1.78. The summed E-state index contributed by atoms with van der Waals surface area (Å²) in [4.78, 5) is 3.00. The largest absolute Gasteiger partial charge is 0.476 e. The zero-order chi connectivity index (χ0) is 9.07. The monoisotopic (exact) mass is 173 g/mol. The van der Waals surface area contributed by atoms with E-state index in [-0.39, 0.29) is 11.3 Å². The molecule has 0 aliphatic heterocycles. The van der Waals surface area contributed by atoms with Gasteiger partial charge in [-0.1, -0.05) is 19.6 Å². The van der Waals surface area contributed by atoms with Crippen LogP contribution in [0.5, 0.6) is 0 Å². The lowest BCUT2D eigenvalue weighted by molar-refractivity contribution is 0.134. The van der Waals surface area contributed by atoms with Crippen molar-refractivity contribution >= 4 is 8.07 Å². The van der Waals surface area contributed by atoms with Crippen molar-refractivity contribution in [1.82, 2.24) is 0 Å². The number of aliphatic hydroxyl groups is 1. The van der Waals surface area contributed by atoms with Crippen molar-refractivity contribution < 1.29 is 9.84 Å². The van der Waals surface area contributed by atoms with Crippen molar-refractivity contribution in [2.45, 2.75) is 19.6 Å². The SMILES string of the molecule is CO/C(O)=C(\[N+]#N)[Si](C)(C)C. The van der Waals surface area contributed by atoms with Crippen molar-refractivity contribution in [3.63, 3.8) is 0 Å². The molecule has 62 valence electrons. The molecule has 0 aromatic carbocycles. The molecule has 4 nitrogen and oxygen atoms in total. The molecule has 0 saturated heterocycles. The maximum Gasteiger partial charge on any atom is 0.403 e. The van der Waals surface area contributed by atoms with Gasteiger partial charge in [0, 0.05) is 0 Å². The Morgan fingerprint density at radius 2 is 1.91 bits per heavy atom. The van der Waals surface area contributed by atoms with E-state index in [2.05, 4.69) is 9.71 Å². The first-order valence-corrected chi connectivity index (χ1v) is 6.76. The maximum absolute atomic E-state index is 9.09. The molecular formula is C6H13N2O2Si+. The highest BCUT2D eigenvalue weighted by Gasteiger charge is 2.37. The number of methoxy groups -OCH3 is 1. The van der Waals surface area contributed by atoms with Gasteiger partial charge in [-0.25, -0.2) is 0 Å². The number of nitrogens with zero attached hydrogens (tertiary/aromatic N) is 2. The van der Waals surface area contributed by atoms with Gasteiger partial charge in [0.2, 0.25) is 13.5 Å². The number of rotatable bonds is 2. The zero-order valence-corrected chi connectivity index (χ0v) is 8.25. The van der Waals surface area contributed by atoms with E-state index in [0.717, 1.165) is 0 Å². The van der Waals surface area contributed by atoms with Crippen LogP contribution >= 0.6 is 0 Å². The zero-order valence-electron chi connectivity index (χ0n) is 7.25.